The molecule has 3 N–H and O–H groups in total. The lowest BCUT2D eigenvalue weighted by molar-refractivity contribution is 1.66. The Kier molecular flexibility index (Phi) is 2.58. The summed E-state index contributed by atoms with van der Waals surface area (Å²) in [4.78, 5) is 0. The second-order valence-electron chi connectivity index (χ2n) is 2.74. The monoisotopic (exact) mass is 242 g/mol. The van der Waals surface area contributed by atoms with Crippen LogP contribution in [0, 0.1) is 0 Å². The Hall–Kier alpha value is -0.840. The zero-order valence-corrected chi connectivity index (χ0v) is 9.47. The third-order valence-corrected chi connectivity index (χ3v) is 3.13. The van der Waals surface area contributed by atoms with Gasteiger partial charge in [0.05, 0.1) is 10.7 Å². The Morgan fingerprint density at radius 3 is 2.93 bits per heavy atom. The fourth-order valence-corrected chi connectivity index (χ4v) is 2.38. The lowest BCUT2D eigenvalue weighted by atomic mass is 10.2. The van der Waals surface area contributed by atoms with Crippen LogP contribution in [0.4, 0.5) is 5.69 Å². The van der Waals surface area contributed by atoms with Crippen LogP contribution in [0.25, 0.3) is 10.1 Å². The molecule has 0 fully saturated rings. The van der Waals surface area contributed by atoms with Gasteiger partial charge in [0.2, 0.25) is 0 Å². The maximum absolute atomic E-state index is 6.03. The normalized spacial score (nSPS) is 10.4. The molecule has 1 heterocycles. The number of rotatable bonds is 1. The molecule has 1 aromatic carbocycles. The average Bonchev–Trinajstić information content (AvgIpc) is 2.57. The summed E-state index contributed by atoms with van der Waals surface area (Å²) in [7, 11) is 0. The Morgan fingerprint density at radius 2 is 2.21 bits per heavy atom. The molecule has 0 saturated carbocycles. The van der Waals surface area contributed by atoms with E-state index >= 15 is 0 Å². The number of thiophene rings is 1. The number of nitrogens with two attached hydrogens (primary N) is 1. The van der Waals surface area contributed by atoms with E-state index in [4.69, 9.17) is 29.6 Å². The van der Waals surface area contributed by atoms with Gasteiger partial charge < -0.3 is 11.1 Å². The van der Waals surface area contributed by atoms with Crippen molar-refractivity contribution in [2.75, 3.05) is 5.32 Å². The molecule has 0 radical (unpaired) electrons. The number of hydrogen-bond acceptors (Lipinski definition) is 2. The molecule has 2 rings (SSSR count). The van der Waals surface area contributed by atoms with Crippen LogP contribution in [0.5, 0.6) is 0 Å². The molecular formula is C9H7ClN2S2. The van der Waals surface area contributed by atoms with Gasteiger partial charge in [0.1, 0.15) is 0 Å². The van der Waals surface area contributed by atoms with Crippen LogP contribution >= 0.6 is 35.2 Å². The van der Waals surface area contributed by atoms with Gasteiger partial charge in [-0.25, -0.2) is 0 Å². The van der Waals surface area contributed by atoms with Crippen LogP contribution in [0.2, 0.25) is 5.02 Å². The van der Waals surface area contributed by atoms with Crippen molar-refractivity contribution in [2.24, 2.45) is 5.73 Å². The first-order valence-electron chi connectivity index (χ1n) is 3.90. The molecule has 0 aliphatic rings. The van der Waals surface area contributed by atoms with Crippen LogP contribution in [0.1, 0.15) is 0 Å². The SMILES string of the molecule is NC(=S)Nc1c(Cl)ccc2sccc12. The lowest BCUT2D eigenvalue weighted by Crippen LogP contribution is -2.19. The molecule has 0 bridgehead atoms. The second kappa shape index (κ2) is 3.73. The molecule has 0 aliphatic carbocycles. The van der Waals surface area contributed by atoms with Crippen molar-refractivity contribution in [3.8, 4) is 0 Å². The summed E-state index contributed by atoms with van der Waals surface area (Å²) in [5.74, 6) is 0. The number of fused-ring (bicyclic) bond motifs is 1. The first-order valence-corrected chi connectivity index (χ1v) is 5.57. The molecule has 0 amide bonds. The van der Waals surface area contributed by atoms with Crippen LogP contribution in [-0.4, -0.2) is 5.11 Å². The van der Waals surface area contributed by atoms with Crippen molar-refractivity contribution in [2.45, 2.75) is 0 Å². The minimum atomic E-state index is 0.227. The van der Waals surface area contributed by atoms with E-state index in [0.29, 0.717) is 5.02 Å². The van der Waals surface area contributed by atoms with Crippen molar-refractivity contribution in [3.05, 3.63) is 28.6 Å². The van der Waals surface area contributed by atoms with Gasteiger partial charge in [-0.1, -0.05) is 11.6 Å². The molecule has 1 aromatic heterocycles. The summed E-state index contributed by atoms with van der Waals surface area (Å²) in [6.45, 7) is 0. The largest absolute Gasteiger partial charge is 0.376 e. The molecule has 0 aliphatic heterocycles. The molecule has 14 heavy (non-hydrogen) atoms. The third-order valence-electron chi connectivity index (χ3n) is 1.83. The Morgan fingerprint density at radius 1 is 1.43 bits per heavy atom. The topological polar surface area (TPSA) is 38.0 Å². The van der Waals surface area contributed by atoms with E-state index in [1.807, 2.05) is 23.6 Å². The minimum absolute atomic E-state index is 0.227. The molecule has 0 atom stereocenters. The molecule has 2 nitrogen and oxygen atoms in total. The van der Waals surface area contributed by atoms with E-state index in [9.17, 15) is 0 Å². The molecular weight excluding hydrogens is 236 g/mol. The Labute approximate surface area is 95.7 Å². The van der Waals surface area contributed by atoms with Crippen LogP contribution in [-0.2, 0) is 0 Å². The summed E-state index contributed by atoms with van der Waals surface area (Å²) in [6, 6.07) is 5.81. The summed E-state index contributed by atoms with van der Waals surface area (Å²) in [5.41, 5.74) is 6.21. The highest BCUT2D eigenvalue weighted by Crippen LogP contribution is 2.33. The predicted octanol–water partition coefficient (Wildman–Crippen LogP) is 3.21. The summed E-state index contributed by atoms with van der Waals surface area (Å²) >= 11 is 12.5. The highest BCUT2D eigenvalue weighted by atomic mass is 35.5. The van der Waals surface area contributed by atoms with E-state index in [-0.39, 0.29) is 5.11 Å². The predicted molar refractivity (Wildman–Crippen MR) is 67.2 cm³/mol. The number of nitrogens with one attached hydrogen (secondary N) is 1. The highest BCUT2D eigenvalue weighted by molar-refractivity contribution is 7.80. The Balaban J connectivity index is 2.64. The smallest absolute Gasteiger partial charge is 0.168 e. The first kappa shape index (κ1) is 9.71. The molecule has 2 aromatic rings. The van der Waals surface area contributed by atoms with Crippen molar-refractivity contribution >= 4 is 56.0 Å². The number of benzene rings is 1. The zero-order valence-electron chi connectivity index (χ0n) is 7.08. The van der Waals surface area contributed by atoms with Crippen molar-refractivity contribution in [1.29, 1.82) is 0 Å². The first-order chi connectivity index (χ1) is 6.68. The van der Waals surface area contributed by atoms with Gasteiger partial charge >= 0.3 is 0 Å². The fourth-order valence-electron chi connectivity index (χ4n) is 1.27. The van der Waals surface area contributed by atoms with Gasteiger partial charge in [-0.2, -0.15) is 0 Å². The number of anilines is 1. The quantitative estimate of drug-likeness (QED) is 0.755. The van der Waals surface area contributed by atoms with Gasteiger partial charge in [0.15, 0.2) is 5.11 Å². The maximum Gasteiger partial charge on any atom is 0.168 e. The Bertz CT molecular complexity index is 493. The van der Waals surface area contributed by atoms with Gasteiger partial charge in [-0.3, -0.25) is 0 Å². The summed E-state index contributed by atoms with van der Waals surface area (Å²) in [6.07, 6.45) is 0. The molecule has 5 heteroatoms. The van der Waals surface area contributed by atoms with E-state index in [1.54, 1.807) is 11.3 Å². The van der Waals surface area contributed by atoms with Crippen LogP contribution in [0.15, 0.2) is 23.6 Å². The van der Waals surface area contributed by atoms with Crippen LogP contribution in [0.3, 0.4) is 0 Å². The van der Waals surface area contributed by atoms with Crippen molar-refractivity contribution < 1.29 is 0 Å². The standard InChI is InChI=1S/C9H7ClN2S2/c10-6-1-2-7-5(3-4-14-7)8(6)12-9(11)13/h1-4H,(H3,11,12,13). The van der Waals surface area contributed by atoms with Crippen LogP contribution < -0.4 is 11.1 Å². The number of halogens is 1. The van der Waals surface area contributed by atoms with E-state index in [0.717, 1.165) is 15.8 Å². The van der Waals surface area contributed by atoms with Crippen molar-refractivity contribution in [3.63, 3.8) is 0 Å². The molecule has 0 spiro atoms. The van der Waals surface area contributed by atoms with Gasteiger partial charge in [-0.05, 0) is 35.8 Å². The van der Waals surface area contributed by atoms with Gasteiger partial charge in [0.25, 0.3) is 0 Å². The fraction of sp³-hybridized carbons (Fsp3) is 0. The highest BCUT2D eigenvalue weighted by Gasteiger charge is 2.06. The molecule has 0 unspecified atom stereocenters. The number of thiocarbonyl (C=S) groups is 1. The van der Waals surface area contributed by atoms with Crippen molar-refractivity contribution in [1.82, 2.24) is 0 Å². The van der Waals surface area contributed by atoms with E-state index in [1.165, 1.54) is 0 Å². The average molecular weight is 243 g/mol. The van der Waals surface area contributed by atoms with E-state index < -0.39 is 0 Å². The van der Waals surface area contributed by atoms with Gasteiger partial charge in [0, 0.05) is 10.1 Å². The summed E-state index contributed by atoms with van der Waals surface area (Å²) < 4.78 is 1.16. The summed E-state index contributed by atoms with van der Waals surface area (Å²) in [5, 5.41) is 6.80. The van der Waals surface area contributed by atoms with Gasteiger partial charge in [-0.15, -0.1) is 11.3 Å². The number of hydrogen-bond donors (Lipinski definition) is 2. The minimum Gasteiger partial charge on any atom is -0.376 e. The zero-order chi connectivity index (χ0) is 10.1. The van der Waals surface area contributed by atoms with E-state index in [2.05, 4.69) is 5.32 Å². The lowest BCUT2D eigenvalue weighted by Gasteiger charge is -2.07. The molecule has 72 valence electrons. The third kappa shape index (κ3) is 1.68. The maximum atomic E-state index is 6.03. The molecule has 0 saturated heterocycles. The second-order valence-corrected chi connectivity index (χ2v) is 4.54.